The van der Waals surface area contributed by atoms with E-state index < -0.39 is 0 Å². The molecule has 2 aromatic heterocycles. The van der Waals surface area contributed by atoms with Gasteiger partial charge in [-0.15, -0.1) is 0 Å². The Morgan fingerprint density at radius 1 is 1.55 bits per heavy atom. The maximum Gasteiger partial charge on any atom is 0.278 e. The molecular weight excluding hydrogens is 146 g/mol. The molecule has 11 heavy (non-hydrogen) atoms. The van der Waals surface area contributed by atoms with Crippen molar-refractivity contribution >= 4 is 17.1 Å². The van der Waals surface area contributed by atoms with Crippen molar-refractivity contribution in [3.63, 3.8) is 0 Å². The molecule has 6 nitrogen and oxygen atoms in total. The number of nitrogens with one attached hydrogen (secondary N) is 2. The summed E-state index contributed by atoms with van der Waals surface area (Å²) in [5.41, 5.74) is 5.49. The summed E-state index contributed by atoms with van der Waals surface area (Å²) < 4.78 is 0. The predicted octanol–water partition coefficient (Wildman–Crippen LogP) is -0.971. The number of nitrogens with two attached hydrogens (primary N) is 1. The number of aromatic nitrogens is 4. The van der Waals surface area contributed by atoms with Crippen molar-refractivity contribution in [2.45, 2.75) is 0 Å². The zero-order valence-electron chi connectivity index (χ0n) is 5.38. The van der Waals surface area contributed by atoms with Gasteiger partial charge in [0.15, 0.2) is 17.5 Å². The minimum absolute atomic E-state index is 0.0583. The van der Waals surface area contributed by atoms with Crippen LogP contribution in [-0.2, 0) is 0 Å². The summed E-state index contributed by atoms with van der Waals surface area (Å²) in [7, 11) is 0. The number of fused-ring (bicyclic) bond motifs is 1. The van der Waals surface area contributed by atoms with Gasteiger partial charge >= 0.3 is 0 Å². The molecule has 0 saturated heterocycles. The summed E-state index contributed by atoms with van der Waals surface area (Å²) in [6.07, 6.45) is 2.39. The van der Waals surface area contributed by atoms with E-state index in [0.717, 1.165) is 0 Å². The van der Waals surface area contributed by atoms with Crippen LogP contribution in [0, 0.1) is 6.33 Å². The van der Waals surface area contributed by atoms with Crippen LogP contribution in [0.5, 0.6) is 0 Å². The highest BCUT2D eigenvalue weighted by atomic mass is 16.1. The van der Waals surface area contributed by atoms with Crippen LogP contribution in [0.25, 0.3) is 11.2 Å². The Kier molecular flexibility index (Phi) is 0.974. The molecule has 4 N–H and O–H groups in total. The minimum Gasteiger partial charge on any atom is -0.369 e. The highest BCUT2D eigenvalue weighted by Gasteiger charge is 2.02. The molecule has 2 aromatic rings. The van der Waals surface area contributed by atoms with Crippen molar-refractivity contribution in [3.8, 4) is 0 Å². The number of hydrogen-bond acceptors (Lipinski definition) is 4. The van der Waals surface area contributed by atoms with E-state index in [-0.39, 0.29) is 17.2 Å². The van der Waals surface area contributed by atoms with E-state index >= 15 is 0 Å². The van der Waals surface area contributed by atoms with E-state index in [4.69, 9.17) is 5.73 Å². The van der Waals surface area contributed by atoms with Gasteiger partial charge in [-0.2, -0.15) is 4.98 Å². The number of H-pyrrole nitrogens is 2. The summed E-state index contributed by atoms with van der Waals surface area (Å²) in [6, 6.07) is 0. The Bertz CT molecular complexity index is 441. The molecule has 0 aliphatic carbocycles. The first-order valence-electron chi connectivity index (χ1n) is 2.89. The fourth-order valence-electron chi connectivity index (χ4n) is 0.809. The predicted molar refractivity (Wildman–Crippen MR) is 37.8 cm³/mol. The first kappa shape index (κ1) is 5.90. The molecule has 1 radical (unpaired) electrons. The summed E-state index contributed by atoms with van der Waals surface area (Å²) in [4.78, 5) is 23.2. The molecule has 0 atom stereocenters. The van der Waals surface area contributed by atoms with Crippen molar-refractivity contribution in [3.05, 3.63) is 16.7 Å². The van der Waals surface area contributed by atoms with Crippen molar-refractivity contribution in [2.75, 3.05) is 5.73 Å². The van der Waals surface area contributed by atoms with E-state index in [1.165, 1.54) is 0 Å². The molecule has 0 bridgehead atoms. The molecule has 6 heteroatoms. The van der Waals surface area contributed by atoms with Gasteiger partial charge < -0.3 is 10.7 Å². The van der Waals surface area contributed by atoms with E-state index in [9.17, 15) is 4.79 Å². The highest BCUT2D eigenvalue weighted by molar-refractivity contribution is 5.68. The van der Waals surface area contributed by atoms with Gasteiger partial charge in [0, 0.05) is 0 Å². The number of nitrogen functional groups attached to an aromatic ring is 1. The number of rotatable bonds is 0. The summed E-state index contributed by atoms with van der Waals surface area (Å²) >= 11 is 0. The van der Waals surface area contributed by atoms with Crippen molar-refractivity contribution < 1.29 is 0 Å². The van der Waals surface area contributed by atoms with Crippen LogP contribution in [0.15, 0.2) is 4.79 Å². The van der Waals surface area contributed by atoms with E-state index in [1.54, 1.807) is 0 Å². The molecule has 0 saturated carbocycles. The van der Waals surface area contributed by atoms with Crippen LogP contribution >= 0.6 is 0 Å². The lowest BCUT2D eigenvalue weighted by Gasteiger charge is -1.89. The topological polar surface area (TPSA) is 100 Å². The molecule has 0 aliphatic rings. The van der Waals surface area contributed by atoms with E-state index in [0.29, 0.717) is 5.52 Å². The second-order valence-corrected chi connectivity index (χ2v) is 2.00. The van der Waals surface area contributed by atoms with Gasteiger partial charge in [0.25, 0.3) is 5.56 Å². The van der Waals surface area contributed by atoms with Gasteiger partial charge in [0.1, 0.15) is 0 Å². The first-order chi connectivity index (χ1) is 5.27. The Morgan fingerprint density at radius 2 is 2.36 bits per heavy atom. The van der Waals surface area contributed by atoms with E-state index in [1.807, 2.05) is 0 Å². The zero-order chi connectivity index (χ0) is 7.84. The van der Waals surface area contributed by atoms with Crippen molar-refractivity contribution in [1.29, 1.82) is 0 Å². The molecule has 0 aliphatic heterocycles. The number of nitrogens with zero attached hydrogens (tertiary/aromatic N) is 2. The normalized spacial score (nSPS) is 10.5. The van der Waals surface area contributed by atoms with Gasteiger partial charge in [0.2, 0.25) is 5.95 Å². The maximum atomic E-state index is 11.0. The number of imidazole rings is 1. The average Bonchev–Trinajstić information content (AvgIpc) is 2.34. The lowest BCUT2D eigenvalue weighted by molar-refractivity contribution is 1.17. The Hall–Kier alpha value is -1.85. The number of hydrogen-bond donors (Lipinski definition) is 3. The van der Waals surface area contributed by atoms with Crippen LogP contribution in [0.4, 0.5) is 5.95 Å². The lowest BCUT2D eigenvalue weighted by atomic mass is 10.5. The van der Waals surface area contributed by atoms with Gasteiger partial charge in [0.05, 0.1) is 0 Å². The van der Waals surface area contributed by atoms with Crippen molar-refractivity contribution in [1.82, 2.24) is 19.9 Å². The van der Waals surface area contributed by atoms with Gasteiger partial charge in [-0.1, -0.05) is 0 Å². The third-order valence-electron chi connectivity index (χ3n) is 1.26. The quantitative estimate of drug-likeness (QED) is 0.449. The largest absolute Gasteiger partial charge is 0.369 e. The summed E-state index contributed by atoms with van der Waals surface area (Å²) in [5, 5.41) is 0. The SMILES string of the molecule is Nc1nc2n[c][nH]c2c(=O)[nH]1. The van der Waals surface area contributed by atoms with Gasteiger partial charge in [-0.25, -0.2) is 4.98 Å². The van der Waals surface area contributed by atoms with E-state index in [2.05, 4.69) is 26.3 Å². The molecule has 0 spiro atoms. The maximum absolute atomic E-state index is 11.0. The van der Waals surface area contributed by atoms with Crippen LogP contribution in [-0.4, -0.2) is 19.9 Å². The zero-order valence-corrected chi connectivity index (χ0v) is 5.38. The van der Waals surface area contributed by atoms with Gasteiger partial charge in [-0.05, 0) is 0 Å². The number of aromatic amines is 2. The third-order valence-corrected chi connectivity index (χ3v) is 1.26. The van der Waals surface area contributed by atoms with Crippen LogP contribution in [0.1, 0.15) is 0 Å². The average molecular weight is 150 g/mol. The second kappa shape index (κ2) is 1.82. The second-order valence-electron chi connectivity index (χ2n) is 2.00. The summed E-state index contributed by atoms with van der Waals surface area (Å²) in [5.74, 6) is 0.0583. The van der Waals surface area contributed by atoms with Crippen LogP contribution < -0.4 is 11.3 Å². The Morgan fingerprint density at radius 3 is 3.18 bits per heavy atom. The standard InChI is InChI=1S/C5H4N5O/c6-5-9-3-2(4(11)10-5)7-1-8-3/h(H4,6,7,8,9,10,11). The van der Waals surface area contributed by atoms with Gasteiger partial charge in [-0.3, -0.25) is 9.78 Å². The third kappa shape index (κ3) is 0.759. The highest BCUT2D eigenvalue weighted by Crippen LogP contribution is 1.98. The minimum atomic E-state index is -0.332. The Labute approximate surface area is 60.5 Å². The first-order valence-corrected chi connectivity index (χ1v) is 2.89. The molecule has 0 aromatic carbocycles. The molecular formula is C5H4N5O. The fourth-order valence-corrected chi connectivity index (χ4v) is 0.809. The molecule has 0 fully saturated rings. The summed E-state index contributed by atoms with van der Waals surface area (Å²) in [6.45, 7) is 0. The number of anilines is 1. The monoisotopic (exact) mass is 150 g/mol. The Balaban J connectivity index is 3.02. The van der Waals surface area contributed by atoms with Crippen LogP contribution in [0.3, 0.4) is 0 Å². The fraction of sp³-hybridized carbons (Fsp3) is 0. The van der Waals surface area contributed by atoms with Crippen LogP contribution in [0.2, 0.25) is 0 Å². The molecule has 2 rings (SSSR count). The molecule has 2 heterocycles. The molecule has 0 unspecified atom stereocenters. The smallest absolute Gasteiger partial charge is 0.278 e. The lowest BCUT2D eigenvalue weighted by Crippen LogP contribution is -2.10. The molecule has 55 valence electrons. The molecule has 0 amide bonds. The van der Waals surface area contributed by atoms with Crippen molar-refractivity contribution in [2.24, 2.45) is 0 Å².